The first-order valence-electron chi connectivity index (χ1n) is 9.16. The Labute approximate surface area is 155 Å². The van der Waals surface area contributed by atoms with E-state index >= 15 is 0 Å². The second-order valence-electron chi connectivity index (χ2n) is 7.98. The zero-order valence-electron chi connectivity index (χ0n) is 15.6. The Morgan fingerprint density at radius 2 is 1.54 bits per heavy atom. The van der Waals surface area contributed by atoms with Gasteiger partial charge in [0.25, 0.3) is 5.91 Å². The van der Waals surface area contributed by atoms with Gasteiger partial charge in [-0.3, -0.25) is 9.59 Å². The summed E-state index contributed by atoms with van der Waals surface area (Å²) in [7, 11) is 0. The Balaban J connectivity index is 1.65. The van der Waals surface area contributed by atoms with E-state index in [1.54, 1.807) is 6.07 Å². The zero-order valence-corrected chi connectivity index (χ0v) is 15.6. The molecule has 1 aliphatic carbocycles. The van der Waals surface area contributed by atoms with E-state index in [-0.39, 0.29) is 23.1 Å². The maximum atomic E-state index is 12.5. The first-order valence-corrected chi connectivity index (χ1v) is 9.16. The molecule has 2 amide bonds. The molecule has 1 aliphatic rings. The molecule has 4 nitrogen and oxygen atoms in total. The summed E-state index contributed by atoms with van der Waals surface area (Å²) in [5.74, 6) is 0.0417. The van der Waals surface area contributed by atoms with Crippen LogP contribution in [0.25, 0.3) is 0 Å². The molecule has 0 aliphatic heterocycles. The summed E-state index contributed by atoms with van der Waals surface area (Å²) in [6.07, 6.45) is 3.06. The second kappa shape index (κ2) is 7.32. The Morgan fingerprint density at radius 3 is 2.08 bits per heavy atom. The van der Waals surface area contributed by atoms with Crippen LogP contribution >= 0.6 is 0 Å². The fraction of sp³-hybridized carbons (Fsp3) is 0.364. The number of carbonyl (C=O) groups is 2. The van der Waals surface area contributed by atoms with Crippen molar-refractivity contribution in [2.75, 3.05) is 10.6 Å². The second-order valence-corrected chi connectivity index (χ2v) is 7.98. The summed E-state index contributed by atoms with van der Waals surface area (Å²) in [5.41, 5.74) is 3.24. The zero-order chi connectivity index (χ0) is 18.7. The first-order chi connectivity index (χ1) is 12.3. The lowest BCUT2D eigenvalue weighted by Gasteiger charge is -2.24. The van der Waals surface area contributed by atoms with Gasteiger partial charge in [-0.25, -0.2) is 0 Å². The number of nitrogens with one attached hydrogen (secondary N) is 2. The average Bonchev–Trinajstić information content (AvgIpc) is 2.52. The molecule has 3 rings (SSSR count). The van der Waals surface area contributed by atoms with Gasteiger partial charge in [-0.15, -0.1) is 0 Å². The van der Waals surface area contributed by atoms with Crippen molar-refractivity contribution in [1.82, 2.24) is 0 Å². The first kappa shape index (κ1) is 18.2. The maximum absolute atomic E-state index is 12.5. The van der Waals surface area contributed by atoms with Gasteiger partial charge in [-0.05, 0) is 54.2 Å². The summed E-state index contributed by atoms with van der Waals surface area (Å²) in [6.45, 7) is 6.43. The lowest BCUT2D eigenvalue weighted by Crippen LogP contribution is -2.28. The molecule has 0 heterocycles. The number of carbonyl (C=O) groups excluding carboxylic acids is 2. The lowest BCUT2D eigenvalue weighted by atomic mass is 9.85. The van der Waals surface area contributed by atoms with E-state index in [0.29, 0.717) is 16.9 Å². The summed E-state index contributed by atoms with van der Waals surface area (Å²) in [6, 6.07) is 14.9. The van der Waals surface area contributed by atoms with Gasteiger partial charge in [-0.1, -0.05) is 45.4 Å². The molecular weight excluding hydrogens is 324 g/mol. The van der Waals surface area contributed by atoms with Gasteiger partial charge >= 0.3 is 0 Å². The van der Waals surface area contributed by atoms with Gasteiger partial charge in [0.2, 0.25) is 5.91 Å². The van der Waals surface area contributed by atoms with Crippen LogP contribution in [-0.2, 0) is 10.2 Å². The van der Waals surface area contributed by atoms with E-state index in [1.165, 1.54) is 5.56 Å². The smallest absolute Gasteiger partial charge is 0.255 e. The highest BCUT2D eigenvalue weighted by Gasteiger charge is 2.25. The van der Waals surface area contributed by atoms with Crippen LogP contribution in [0.15, 0.2) is 48.5 Å². The Kier molecular flexibility index (Phi) is 5.12. The topological polar surface area (TPSA) is 58.2 Å². The number of hydrogen-bond donors (Lipinski definition) is 2. The van der Waals surface area contributed by atoms with Crippen molar-refractivity contribution in [2.24, 2.45) is 5.92 Å². The van der Waals surface area contributed by atoms with E-state index in [4.69, 9.17) is 0 Å². The number of rotatable bonds is 4. The van der Waals surface area contributed by atoms with Crippen LogP contribution in [0.2, 0.25) is 0 Å². The summed E-state index contributed by atoms with van der Waals surface area (Å²) in [5, 5.41) is 5.83. The summed E-state index contributed by atoms with van der Waals surface area (Å²) in [4.78, 5) is 24.5. The van der Waals surface area contributed by atoms with Crippen molar-refractivity contribution >= 4 is 23.2 Å². The van der Waals surface area contributed by atoms with Gasteiger partial charge < -0.3 is 10.6 Å². The molecule has 2 aromatic rings. The molecule has 0 unspecified atom stereocenters. The van der Waals surface area contributed by atoms with Gasteiger partial charge in [0.1, 0.15) is 0 Å². The minimum atomic E-state index is -0.159. The van der Waals surface area contributed by atoms with Crippen LogP contribution < -0.4 is 10.6 Å². The minimum absolute atomic E-state index is 0.0575. The molecule has 2 N–H and O–H groups in total. The molecule has 0 atom stereocenters. The molecule has 136 valence electrons. The summed E-state index contributed by atoms with van der Waals surface area (Å²) < 4.78 is 0. The summed E-state index contributed by atoms with van der Waals surface area (Å²) >= 11 is 0. The van der Waals surface area contributed by atoms with E-state index < -0.39 is 0 Å². The third-order valence-corrected chi connectivity index (χ3v) is 4.88. The molecule has 0 bridgehead atoms. The van der Waals surface area contributed by atoms with Gasteiger partial charge in [0, 0.05) is 22.9 Å². The molecule has 26 heavy (non-hydrogen) atoms. The van der Waals surface area contributed by atoms with Crippen molar-refractivity contribution in [1.29, 1.82) is 0 Å². The monoisotopic (exact) mass is 350 g/mol. The quantitative estimate of drug-likeness (QED) is 0.817. The van der Waals surface area contributed by atoms with Gasteiger partial charge in [0.15, 0.2) is 0 Å². The molecule has 2 aromatic carbocycles. The fourth-order valence-corrected chi connectivity index (χ4v) is 2.91. The molecule has 0 aromatic heterocycles. The molecule has 1 saturated carbocycles. The van der Waals surface area contributed by atoms with E-state index in [2.05, 4.69) is 31.4 Å². The van der Waals surface area contributed by atoms with Crippen molar-refractivity contribution in [2.45, 2.75) is 45.4 Å². The average molecular weight is 350 g/mol. The molecule has 0 radical (unpaired) electrons. The van der Waals surface area contributed by atoms with Crippen LogP contribution in [0.3, 0.4) is 0 Å². The highest BCUT2D eigenvalue weighted by atomic mass is 16.2. The number of anilines is 2. The number of benzene rings is 2. The normalized spacial score (nSPS) is 14.4. The van der Waals surface area contributed by atoms with Crippen molar-refractivity contribution in [3.63, 3.8) is 0 Å². The van der Waals surface area contributed by atoms with Crippen molar-refractivity contribution < 1.29 is 9.59 Å². The Morgan fingerprint density at radius 1 is 0.923 bits per heavy atom. The van der Waals surface area contributed by atoms with Gasteiger partial charge in [0.05, 0.1) is 0 Å². The predicted molar refractivity (Wildman–Crippen MR) is 106 cm³/mol. The van der Waals surface area contributed by atoms with Crippen LogP contribution in [-0.4, -0.2) is 11.8 Å². The lowest BCUT2D eigenvalue weighted by molar-refractivity contribution is -0.122. The Hall–Kier alpha value is -2.62. The van der Waals surface area contributed by atoms with E-state index in [0.717, 1.165) is 19.3 Å². The maximum Gasteiger partial charge on any atom is 0.255 e. The molecule has 1 fully saturated rings. The van der Waals surface area contributed by atoms with Crippen molar-refractivity contribution in [3.05, 3.63) is 59.7 Å². The van der Waals surface area contributed by atoms with Crippen LogP contribution in [0.1, 0.15) is 56.0 Å². The van der Waals surface area contributed by atoms with E-state index in [9.17, 15) is 9.59 Å². The highest BCUT2D eigenvalue weighted by molar-refractivity contribution is 6.04. The van der Waals surface area contributed by atoms with Crippen LogP contribution in [0, 0.1) is 5.92 Å². The van der Waals surface area contributed by atoms with E-state index in [1.807, 2.05) is 42.5 Å². The molecule has 4 heteroatoms. The predicted octanol–water partition coefficient (Wildman–Crippen LogP) is 4.98. The molecule has 0 spiro atoms. The third kappa shape index (κ3) is 4.31. The third-order valence-electron chi connectivity index (χ3n) is 4.88. The molecule has 0 saturated heterocycles. The molecular formula is C22H26N2O2. The van der Waals surface area contributed by atoms with Crippen LogP contribution in [0.5, 0.6) is 0 Å². The van der Waals surface area contributed by atoms with Gasteiger partial charge in [-0.2, -0.15) is 0 Å². The fourth-order valence-electron chi connectivity index (χ4n) is 2.91. The standard InChI is InChI=1S/C22H26N2O2/c1-22(2,3)17-12-10-16(11-13-17)21(26)24-19-9-5-8-18(14-19)23-20(25)15-6-4-7-15/h5,8-15H,4,6-7H2,1-3H3,(H,23,25)(H,24,26). The number of amides is 2. The van der Waals surface area contributed by atoms with Crippen LogP contribution in [0.4, 0.5) is 11.4 Å². The van der Waals surface area contributed by atoms with Crippen molar-refractivity contribution in [3.8, 4) is 0 Å². The largest absolute Gasteiger partial charge is 0.326 e. The highest BCUT2D eigenvalue weighted by Crippen LogP contribution is 2.28. The SMILES string of the molecule is CC(C)(C)c1ccc(C(=O)Nc2cccc(NC(=O)C3CCC3)c2)cc1. The number of hydrogen-bond acceptors (Lipinski definition) is 2. The Bertz CT molecular complexity index is 800. The minimum Gasteiger partial charge on any atom is -0.326 e.